The molecule has 0 aliphatic rings. The Kier molecular flexibility index (Phi) is 8.46. The van der Waals surface area contributed by atoms with Crippen LogP contribution in [0.15, 0.2) is 18.3 Å². The van der Waals surface area contributed by atoms with E-state index in [-0.39, 0.29) is 30.0 Å². The first-order chi connectivity index (χ1) is 6.89. The van der Waals surface area contributed by atoms with Gasteiger partial charge in [0.05, 0.1) is 11.3 Å². The monoisotopic (exact) mass is 290 g/mol. The molecule has 1 heterocycles. The summed E-state index contributed by atoms with van der Waals surface area (Å²) in [7, 11) is 0. The molecule has 1 aromatic heterocycles. The van der Waals surface area contributed by atoms with Gasteiger partial charge in [-0.25, -0.2) is 0 Å². The molecule has 0 saturated carbocycles. The number of hydrogen-bond acceptors (Lipinski definition) is 2. The van der Waals surface area contributed by atoms with E-state index < -0.39 is 11.7 Å². The Morgan fingerprint density at radius 3 is 2.35 bits per heavy atom. The third kappa shape index (κ3) is 6.64. The standard InChI is InChI=1S/C10H12F3N2.CH3.Ni/c1-7(2)14-6-9-4-3-8(5-15-9)10(11,12)13;;/h3-5,7,14H,1,6H2,2H3;1H3;/q2*-1;. The molecule has 0 saturated heterocycles. The fourth-order valence-electron chi connectivity index (χ4n) is 0.976. The Bertz CT molecular complexity index is 309. The zero-order chi connectivity index (χ0) is 11.5. The van der Waals surface area contributed by atoms with Gasteiger partial charge in [0.2, 0.25) is 0 Å². The number of pyridine rings is 1. The molecule has 1 atom stereocenters. The van der Waals surface area contributed by atoms with E-state index in [1.807, 2.05) is 6.92 Å². The van der Waals surface area contributed by atoms with E-state index in [0.717, 1.165) is 12.3 Å². The van der Waals surface area contributed by atoms with Crippen molar-refractivity contribution in [2.45, 2.75) is 25.7 Å². The summed E-state index contributed by atoms with van der Waals surface area (Å²) in [6.07, 6.45) is -3.48. The second kappa shape index (κ2) is 7.67. The van der Waals surface area contributed by atoms with Crippen LogP contribution in [0.2, 0.25) is 0 Å². The predicted molar refractivity (Wildman–Crippen MR) is 57.3 cm³/mol. The maximum atomic E-state index is 12.2. The van der Waals surface area contributed by atoms with E-state index >= 15 is 0 Å². The molecule has 102 valence electrons. The molecule has 0 aromatic carbocycles. The topological polar surface area (TPSA) is 24.9 Å². The minimum atomic E-state index is -4.32. The quantitative estimate of drug-likeness (QED) is 0.684. The summed E-state index contributed by atoms with van der Waals surface area (Å²) in [5.74, 6) is 0. The van der Waals surface area contributed by atoms with E-state index in [4.69, 9.17) is 0 Å². The van der Waals surface area contributed by atoms with Gasteiger partial charge in [0.25, 0.3) is 0 Å². The number of halogens is 3. The molecular weight excluding hydrogens is 276 g/mol. The van der Waals surface area contributed by atoms with Gasteiger partial charge in [-0.2, -0.15) is 13.2 Å². The molecule has 0 bridgehead atoms. The zero-order valence-electron chi connectivity index (χ0n) is 9.62. The third-order valence-corrected chi connectivity index (χ3v) is 1.78. The summed E-state index contributed by atoms with van der Waals surface area (Å²) in [4.78, 5) is 3.71. The van der Waals surface area contributed by atoms with Crippen molar-refractivity contribution in [3.05, 3.63) is 43.9 Å². The van der Waals surface area contributed by atoms with Gasteiger partial charge in [-0.05, 0) is 12.1 Å². The molecular formula is C11H15F3N2Ni-2. The normalized spacial score (nSPS) is 12.3. The van der Waals surface area contributed by atoms with E-state index in [0.29, 0.717) is 12.2 Å². The fourth-order valence-corrected chi connectivity index (χ4v) is 0.976. The van der Waals surface area contributed by atoms with Gasteiger partial charge >= 0.3 is 6.18 Å². The van der Waals surface area contributed by atoms with Crippen molar-refractivity contribution in [3.8, 4) is 0 Å². The molecule has 0 aliphatic carbocycles. The number of nitrogens with zero attached hydrogens (tertiary/aromatic N) is 1. The first-order valence-corrected chi connectivity index (χ1v) is 4.48. The van der Waals surface area contributed by atoms with Crippen LogP contribution in [0.3, 0.4) is 0 Å². The first kappa shape index (κ1) is 18.8. The SMILES string of the molecule is [CH2-]C(C)NCc1ccc(C(F)(F)F)cn1.[CH3-].[Ni]. The molecule has 1 rings (SSSR count). The van der Waals surface area contributed by atoms with Crippen molar-refractivity contribution in [2.24, 2.45) is 0 Å². The molecule has 0 spiro atoms. The van der Waals surface area contributed by atoms with Crippen molar-refractivity contribution in [1.82, 2.24) is 10.3 Å². The van der Waals surface area contributed by atoms with Gasteiger partial charge in [0.15, 0.2) is 0 Å². The third-order valence-electron chi connectivity index (χ3n) is 1.78. The summed E-state index contributed by atoms with van der Waals surface area (Å²) in [5, 5.41) is 2.97. The molecule has 17 heavy (non-hydrogen) atoms. The summed E-state index contributed by atoms with van der Waals surface area (Å²) < 4.78 is 36.5. The van der Waals surface area contributed by atoms with Gasteiger partial charge < -0.3 is 19.7 Å². The van der Waals surface area contributed by atoms with Crippen molar-refractivity contribution >= 4 is 0 Å². The maximum Gasteiger partial charge on any atom is 0.417 e. The summed E-state index contributed by atoms with van der Waals surface area (Å²) in [5.41, 5.74) is -0.160. The molecule has 1 aromatic rings. The minimum absolute atomic E-state index is 0. The van der Waals surface area contributed by atoms with Crippen LogP contribution in [-0.2, 0) is 29.2 Å². The minimum Gasteiger partial charge on any atom is -0.358 e. The van der Waals surface area contributed by atoms with Crippen LogP contribution in [0, 0.1) is 14.4 Å². The summed E-state index contributed by atoms with van der Waals surface area (Å²) in [6.45, 7) is 5.96. The van der Waals surface area contributed by atoms with Crippen molar-refractivity contribution in [1.29, 1.82) is 0 Å². The molecule has 6 heteroatoms. The van der Waals surface area contributed by atoms with Crippen LogP contribution < -0.4 is 5.32 Å². The number of alkyl halides is 3. The fraction of sp³-hybridized carbons (Fsp3) is 0.364. The Hall–Kier alpha value is -0.606. The van der Waals surface area contributed by atoms with Gasteiger partial charge in [-0.3, -0.25) is 4.98 Å². The van der Waals surface area contributed by atoms with Gasteiger partial charge in [0, 0.05) is 29.2 Å². The number of aromatic nitrogens is 1. The molecule has 0 aliphatic heterocycles. The molecule has 2 nitrogen and oxygen atoms in total. The maximum absolute atomic E-state index is 12.2. The van der Waals surface area contributed by atoms with Crippen molar-refractivity contribution in [3.63, 3.8) is 0 Å². The van der Waals surface area contributed by atoms with Crippen LogP contribution in [0.4, 0.5) is 13.2 Å². The second-order valence-electron chi connectivity index (χ2n) is 3.32. The van der Waals surface area contributed by atoms with E-state index in [9.17, 15) is 13.2 Å². The average molecular weight is 291 g/mol. The number of rotatable bonds is 3. The van der Waals surface area contributed by atoms with E-state index in [1.54, 1.807) is 0 Å². The summed E-state index contributed by atoms with van der Waals surface area (Å²) >= 11 is 0. The van der Waals surface area contributed by atoms with E-state index in [1.165, 1.54) is 6.07 Å². The zero-order valence-corrected chi connectivity index (χ0v) is 10.6. The van der Waals surface area contributed by atoms with Crippen LogP contribution in [0.5, 0.6) is 0 Å². The van der Waals surface area contributed by atoms with Gasteiger partial charge in [-0.1, -0.05) is 6.92 Å². The Morgan fingerprint density at radius 2 is 2.00 bits per heavy atom. The summed E-state index contributed by atoms with van der Waals surface area (Å²) in [6, 6.07) is 2.42. The van der Waals surface area contributed by atoms with Crippen LogP contribution >= 0.6 is 0 Å². The average Bonchev–Trinajstić information content (AvgIpc) is 2.14. The molecule has 0 radical (unpaired) electrons. The predicted octanol–water partition coefficient (Wildman–Crippen LogP) is 2.86. The van der Waals surface area contributed by atoms with Crippen LogP contribution in [-0.4, -0.2) is 11.0 Å². The Morgan fingerprint density at radius 1 is 1.41 bits per heavy atom. The van der Waals surface area contributed by atoms with Crippen molar-refractivity contribution in [2.75, 3.05) is 0 Å². The number of hydrogen-bond donors (Lipinski definition) is 1. The molecule has 1 unspecified atom stereocenters. The smallest absolute Gasteiger partial charge is 0.358 e. The van der Waals surface area contributed by atoms with Crippen molar-refractivity contribution < 1.29 is 29.7 Å². The number of nitrogens with one attached hydrogen (secondary N) is 1. The molecule has 0 fully saturated rings. The Labute approximate surface area is 110 Å². The first-order valence-electron chi connectivity index (χ1n) is 4.48. The van der Waals surface area contributed by atoms with Crippen LogP contribution in [0.1, 0.15) is 18.2 Å². The molecule has 0 amide bonds. The van der Waals surface area contributed by atoms with Gasteiger partial charge in [-0.15, -0.1) is 6.04 Å². The molecule has 1 N–H and O–H groups in total. The van der Waals surface area contributed by atoms with Crippen LogP contribution in [0.25, 0.3) is 0 Å². The largest absolute Gasteiger partial charge is 0.417 e. The Balaban J connectivity index is 0. The van der Waals surface area contributed by atoms with E-state index in [2.05, 4.69) is 17.2 Å². The van der Waals surface area contributed by atoms with Gasteiger partial charge in [0.1, 0.15) is 0 Å². The second-order valence-corrected chi connectivity index (χ2v) is 3.32.